The third-order valence-electron chi connectivity index (χ3n) is 8.31. The Morgan fingerprint density at radius 1 is 1.02 bits per heavy atom. The highest BCUT2D eigenvalue weighted by molar-refractivity contribution is 9.12. The largest absolute Gasteiger partial charge is 0.507 e. The lowest BCUT2D eigenvalue weighted by atomic mass is 9.59. The fourth-order valence-electron chi connectivity index (χ4n) is 6.62. The van der Waals surface area contributed by atoms with E-state index in [1.54, 1.807) is 18.2 Å². The number of carbonyl (C=O) groups excluding carboxylic acids is 4. The van der Waals surface area contributed by atoms with Crippen LogP contribution >= 0.6 is 15.9 Å². The van der Waals surface area contributed by atoms with Crippen LogP contribution in [0.5, 0.6) is 11.5 Å². The first kappa shape index (κ1) is 26.4. The summed E-state index contributed by atoms with van der Waals surface area (Å²) in [5.74, 6) is -4.43. The Labute approximate surface area is 237 Å². The van der Waals surface area contributed by atoms with E-state index in [4.69, 9.17) is 4.74 Å². The number of carbonyl (C=O) groups is 4. The van der Waals surface area contributed by atoms with Crippen molar-refractivity contribution < 1.29 is 39.1 Å². The van der Waals surface area contributed by atoms with Gasteiger partial charge in [-0.2, -0.15) is 0 Å². The maximum atomic E-state index is 14.0. The van der Waals surface area contributed by atoms with Gasteiger partial charge in [-0.05, 0) is 64.4 Å². The average Bonchev–Trinajstić information content (AvgIpc) is 3.20. The van der Waals surface area contributed by atoms with Crippen molar-refractivity contribution in [3.63, 3.8) is 0 Å². The second-order valence-electron chi connectivity index (χ2n) is 10.3. The number of phenols is 1. The number of methoxy groups -OCH3 is 1. The number of phenolic OH excluding ortho intramolecular Hbond substituents is 1. The Hall–Kier alpha value is -3.80. The molecule has 1 heterocycles. The molecule has 2 aromatic carbocycles. The van der Waals surface area contributed by atoms with Crippen molar-refractivity contribution in [1.82, 2.24) is 0 Å². The van der Waals surface area contributed by atoms with Crippen LogP contribution in [0, 0.1) is 17.8 Å². The molecule has 1 fully saturated rings. The molecule has 0 saturated carbocycles. The predicted octanol–water partition coefficient (Wildman–Crippen LogP) is 2.05. The zero-order valence-electron chi connectivity index (χ0n) is 21.2. The number of hydrogen-bond donors (Lipinski definition) is 3. The van der Waals surface area contributed by atoms with Crippen molar-refractivity contribution in [2.75, 3.05) is 12.0 Å². The van der Waals surface area contributed by atoms with E-state index in [9.17, 15) is 34.3 Å². The molecule has 2 amide bonds. The molecule has 0 spiro atoms. The molecular formula is C29H23BBrNO8. The molecular weight excluding hydrogens is 581 g/mol. The SMILES string of the molecule is COc1cccc(O)c1[C@H]1C2=CC[C@@H]3C(=O)N(c4cccc(B(O)O)c4)C(=O)[C@@H]3[C@@H]2CC2=C1C(=O)C=C(Br)C2=O. The number of anilines is 1. The molecule has 9 nitrogen and oxygen atoms in total. The van der Waals surface area contributed by atoms with E-state index in [-0.39, 0.29) is 56.9 Å². The highest BCUT2D eigenvalue weighted by atomic mass is 79.9. The van der Waals surface area contributed by atoms with Gasteiger partial charge in [0.2, 0.25) is 11.8 Å². The second kappa shape index (κ2) is 9.69. The number of halogens is 1. The standard InChI is InChI=1S/C29H23BBrNO8/c1-40-22-7-3-6-20(33)26(22)25-15-8-9-16-23(17(15)11-18-24(25)21(34)12-19(31)27(18)35)29(37)32(28(16)36)14-5-2-4-13(10-14)30(38)39/h2-8,10,12,16-17,23,25,33,38-39H,9,11H2,1H3/t16-,17+,23-,25-/m0/s1. The summed E-state index contributed by atoms with van der Waals surface area (Å²) in [4.78, 5) is 55.4. The van der Waals surface area contributed by atoms with Crippen molar-refractivity contribution in [2.45, 2.75) is 18.8 Å². The van der Waals surface area contributed by atoms with E-state index in [1.165, 1.54) is 37.5 Å². The van der Waals surface area contributed by atoms with Crippen LogP contribution in [0.4, 0.5) is 5.69 Å². The molecule has 3 N–H and O–H groups in total. The Kier molecular flexibility index (Phi) is 6.40. The zero-order chi connectivity index (χ0) is 28.5. The van der Waals surface area contributed by atoms with E-state index in [1.807, 2.05) is 6.08 Å². The Bertz CT molecular complexity index is 1610. The number of rotatable bonds is 4. The zero-order valence-corrected chi connectivity index (χ0v) is 22.8. The van der Waals surface area contributed by atoms with Gasteiger partial charge < -0.3 is 19.9 Å². The third-order valence-corrected chi connectivity index (χ3v) is 8.90. The van der Waals surface area contributed by atoms with Crippen LogP contribution in [0.15, 0.2) is 75.8 Å². The van der Waals surface area contributed by atoms with Gasteiger partial charge in [-0.3, -0.25) is 24.1 Å². The van der Waals surface area contributed by atoms with E-state index in [0.29, 0.717) is 16.9 Å². The number of ketones is 2. The minimum atomic E-state index is -1.78. The van der Waals surface area contributed by atoms with Gasteiger partial charge in [0.1, 0.15) is 11.5 Å². The van der Waals surface area contributed by atoms with Crippen molar-refractivity contribution in [3.05, 3.63) is 81.4 Å². The number of ether oxygens (including phenoxy) is 1. The summed E-state index contributed by atoms with van der Waals surface area (Å²) in [7, 11) is -0.333. The number of aromatic hydroxyl groups is 1. The summed E-state index contributed by atoms with van der Waals surface area (Å²) < 4.78 is 5.66. The molecule has 0 radical (unpaired) electrons. The number of benzene rings is 2. The molecule has 1 saturated heterocycles. The van der Waals surface area contributed by atoms with E-state index >= 15 is 0 Å². The summed E-state index contributed by atoms with van der Waals surface area (Å²) in [6.45, 7) is 0. The number of Topliss-reactive ketones (excluding diaryl/α,β-unsaturated/α-hetero) is 1. The maximum Gasteiger partial charge on any atom is 0.488 e. The van der Waals surface area contributed by atoms with Crippen LogP contribution in [-0.4, -0.2) is 52.8 Å². The molecule has 0 aromatic heterocycles. The molecule has 3 aliphatic carbocycles. The lowest BCUT2D eigenvalue weighted by molar-refractivity contribution is -0.123. The molecule has 0 bridgehead atoms. The van der Waals surface area contributed by atoms with Gasteiger partial charge in [0, 0.05) is 28.7 Å². The van der Waals surface area contributed by atoms with Gasteiger partial charge in [-0.1, -0.05) is 29.8 Å². The van der Waals surface area contributed by atoms with Crippen LogP contribution in [-0.2, 0) is 19.2 Å². The van der Waals surface area contributed by atoms with Crippen LogP contribution < -0.4 is 15.1 Å². The molecule has 11 heteroatoms. The summed E-state index contributed by atoms with van der Waals surface area (Å²) in [5.41, 5.74) is 1.82. The van der Waals surface area contributed by atoms with Gasteiger partial charge in [0.25, 0.3) is 0 Å². The van der Waals surface area contributed by atoms with Crippen LogP contribution in [0.25, 0.3) is 0 Å². The Morgan fingerprint density at radius 2 is 1.77 bits per heavy atom. The molecule has 202 valence electrons. The van der Waals surface area contributed by atoms with Gasteiger partial charge in [-0.15, -0.1) is 0 Å². The predicted molar refractivity (Wildman–Crippen MR) is 148 cm³/mol. The molecule has 0 unspecified atom stereocenters. The average molecular weight is 604 g/mol. The fraction of sp³-hybridized carbons (Fsp3) is 0.241. The number of hydrogen-bond acceptors (Lipinski definition) is 8. The summed E-state index contributed by atoms with van der Waals surface area (Å²) in [5, 5.41) is 30.2. The first-order valence-corrected chi connectivity index (χ1v) is 13.5. The van der Waals surface area contributed by atoms with Gasteiger partial charge in [0.05, 0.1) is 29.1 Å². The third kappa shape index (κ3) is 3.83. The van der Waals surface area contributed by atoms with Crippen LogP contribution in [0.1, 0.15) is 24.3 Å². The highest BCUT2D eigenvalue weighted by Gasteiger charge is 2.57. The topological polar surface area (TPSA) is 141 Å². The van der Waals surface area contributed by atoms with Crippen LogP contribution in [0.2, 0.25) is 0 Å². The normalized spacial score (nSPS) is 25.8. The minimum absolute atomic E-state index is 0.0739. The van der Waals surface area contributed by atoms with Crippen LogP contribution in [0.3, 0.4) is 0 Å². The number of amides is 2. The second-order valence-corrected chi connectivity index (χ2v) is 11.1. The summed E-state index contributed by atoms with van der Waals surface area (Å²) >= 11 is 3.20. The summed E-state index contributed by atoms with van der Waals surface area (Å²) in [6.07, 6.45) is 3.36. The van der Waals surface area contributed by atoms with Crippen molar-refractivity contribution in [3.8, 4) is 11.5 Å². The van der Waals surface area contributed by atoms with E-state index in [0.717, 1.165) is 4.90 Å². The lowest BCUT2D eigenvalue weighted by Crippen LogP contribution is -2.40. The van der Waals surface area contributed by atoms with Gasteiger partial charge in [0.15, 0.2) is 11.6 Å². The van der Waals surface area contributed by atoms with E-state index in [2.05, 4.69) is 15.9 Å². The van der Waals surface area contributed by atoms with E-state index < -0.39 is 42.6 Å². The number of allylic oxidation sites excluding steroid dienone is 6. The molecule has 6 rings (SSSR count). The number of fused-ring (bicyclic) bond motifs is 3. The van der Waals surface area contributed by atoms with Gasteiger partial charge >= 0.3 is 7.12 Å². The molecule has 40 heavy (non-hydrogen) atoms. The Balaban J connectivity index is 1.50. The summed E-state index contributed by atoms with van der Waals surface area (Å²) in [6, 6.07) is 10.7. The van der Waals surface area contributed by atoms with Gasteiger partial charge in [-0.25, -0.2) is 0 Å². The lowest BCUT2D eigenvalue weighted by Gasteiger charge is -2.42. The first-order chi connectivity index (χ1) is 19.1. The van der Waals surface area contributed by atoms with Crippen molar-refractivity contribution >= 4 is 57.6 Å². The minimum Gasteiger partial charge on any atom is -0.507 e. The molecule has 2 aromatic rings. The Morgan fingerprint density at radius 3 is 2.50 bits per heavy atom. The molecule has 1 aliphatic heterocycles. The smallest absolute Gasteiger partial charge is 0.488 e. The van der Waals surface area contributed by atoms with Crippen molar-refractivity contribution in [2.24, 2.45) is 17.8 Å². The number of imide groups is 1. The highest BCUT2D eigenvalue weighted by Crippen LogP contribution is 2.57. The van der Waals surface area contributed by atoms with Crippen molar-refractivity contribution in [1.29, 1.82) is 0 Å². The maximum absolute atomic E-state index is 14.0. The molecule has 4 atom stereocenters. The fourth-order valence-corrected chi connectivity index (χ4v) is 7.06. The monoisotopic (exact) mass is 603 g/mol. The quantitative estimate of drug-likeness (QED) is 0.209. The first-order valence-electron chi connectivity index (χ1n) is 12.7. The number of nitrogens with zero attached hydrogens (tertiary/aromatic N) is 1. The molecule has 4 aliphatic rings.